The maximum absolute atomic E-state index is 11.8. The lowest BCUT2D eigenvalue weighted by molar-refractivity contribution is -0.129. The van der Waals surface area contributed by atoms with E-state index in [4.69, 9.17) is 9.15 Å². The topological polar surface area (TPSA) is 68.5 Å². The predicted molar refractivity (Wildman–Crippen MR) is 64.0 cm³/mol. The molecule has 1 amide bonds. The molecule has 98 valence electrons. The zero-order valence-electron chi connectivity index (χ0n) is 10.3. The van der Waals surface area contributed by atoms with Gasteiger partial charge < -0.3 is 14.5 Å². The fraction of sp³-hybridized carbons (Fsp3) is 0.538. The van der Waals surface area contributed by atoms with E-state index >= 15 is 0 Å². The van der Waals surface area contributed by atoms with Crippen molar-refractivity contribution in [3.8, 4) is 0 Å². The number of carbonyl (C=O) groups is 2. The largest absolute Gasteiger partial charge is 0.457 e. The number of nitrogens with one attached hydrogen (secondary N) is 1. The Labute approximate surface area is 105 Å². The maximum Gasteiger partial charge on any atom is 0.374 e. The quantitative estimate of drug-likeness (QED) is 0.830. The zero-order chi connectivity index (χ0) is 13.0. The summed E-state index contributed by atoms with van der Waals surface area (Å²) in [6.07, 6.45) is 4.88. The van der Waals surface area contributed by atoms with Crippen molar-refractivity contribution in [3.63, 3.8) is 0 Å². The highest BCUT2D eigenvalue weighted by Gasteiger charge is 2.24. The number of ether oxygens (including phenoxy) is 1. The van der Waals surface area contributed by atoms with Crippen molar-refractivity contribution < 1.29 is 18.7 Å². The van der Waals surface area contributed by atoms with Gasteiger partial charge in [0.25, 0.3) is 5.91 Å². The Morgan fingerprint density at radius 2 is 2.17 bits per heavy atom. The van der Waals surface area contributed by atoms with Crippen LogP contribution in [0.2, 0.25) is 0 Å². The smallest absolute Gasteiger partial charge is 0.374 e. The summed E-state index contributed by atoms with van der Waals surface area (Å²) in [6.45, 7) is 1.56. The second kappa shape index (κ2) is 5.71. The molecule has 5 heteroatoms. The van der Waals surface area contributed by atoms with Crippen molar-refractivity contribution in [2.75, 3.05) is 0 Å². The van der Waals surface area contributed by atoms with Gasteiger partial charge in [-0.15, -0.1) is 0 Å². The van der Waals surface area contributed by atoms with Gasteiger partial charge in [0.05, 0.1) is 6.26 Å². The minimum Gasteiger partial charge on any atom is -0.457 e. The van der Waals surface area contributed by atoms with Crippen LogP contribution < -0.4 is 5.32 Å². The molecule has 1 aromatic heterocycles. The van der Waals surface area contributed by atoms with Crippen LogP contribution in [0, 0.1) is 0 Å². The van der Waals surface area contributed by atoms with Gasteiger partial charge >= 0.3 is 5.97 Å². The van der Waals surface area contributed by atoms with E-state index < -0.39 is 12.1 Å². The van der Waals surface area contributed by atoms with Gasteiger partial charge in [-0.3, -0.25) is 4.79 Å². The fourth-order valence-electron chi connectivity index (χ4n) is 2.06. The number of amides is 1. The standard InChI is InChI=1S/C13H17NO4/c1-9(12(15)14-10-5-2-3-6-10)18-13(16)11-7-4-8-17-11/h4,7-10H,2-3,5-6H2,1H3,(H,14,15)/t9-/m0/s1. The first kappa shape index (κ1) is 12.7. The first-order chi connectivity index (χ1) is 8.66. The van der Waals surface area contributed by atoms with Crippen LogP contribution in [-0.4, -0.2) is 24.0 Å². The molecule has 0 saturated heterocycles. The molecule has 0 bridgehead atoms. The van der Waals surface area contributed by atoms with Crippen LogP contribution in [0.5, 0.6) is 0 Å². The third-order valence-electron chi connectivity index (χ3n) is 3.08. The summed E-state index contributed by atoms with van der Waals surface area (Å²) in [5.74, 6) is -0.758. The van der Waals surface area contributed by atoms with Crippen LogP contribution in [0.25, 0.3) is 0 Å². The molecule has 1 heterocycles. The van der Waals surface area contributed by atoms with E-state index in [0.29, 0.717) is 0 Å². The summed E-state index contributed by atoms with van der Waals surface area (Å²) in [6, 6.07) is 3.33. The Hall–Kier alpha value is -1.78. The molecule has 1 aliphatic rings. The van der Waals surface area contributed by atoms with Gasteiger partial charge in [-0.1, -0.05) is 12.8 Å². The van der Waals surface area contributed by atoms with Crippen LogP contribution in [-0.2, 0) is 9.53 Å². The molecule has 18 heavy (non-hydrogen) atoms. The molecule has 0 aliphatic heterocycles. The van der Waals surface area contributed by atoms with Crippen LogP contribution >= 0.6 is 0 Å². The van der Waals surface area contributed by atoms with E-state index in [9.17, 15) is 9.59 Å². The molecule has 0 unspecified atom stereocenters. The number of rotatable bonds is 4. The van der Waals surface area contributed by atoms with Crippen molar-refractivity contribution in [3.05, 3.63) is 24.2 Å². The third kappa shape index (κ3) is 3.12. The lowest BCUT2D eigenvalue weighted by Gasteiger charge is -2.16. The summed E-state index contributed by atoms with van der Waals surface area (Å²) in [7, 11) is 0. The van der Waals surface area contributed by atoms with Gasteiger partial charge in [-0.25, -0.2) is 4.79 Å². The summed E-state index contributed by atoms with van der Waals surface area (Å²) < 4.78 is 9.93. The van der Waals surface area contributed by atoms with Crippen LogP contribution in [0.15, 0.2) is 22.8 Å². The van der Waals surface area contributed by atoms with E-state index in [1.165, 1.54) is 12.3 Å². The summed E-state index contributed by atoms with van der Waals surface area (Å²) in [5.41, 5.74) is 0. The highest BCUT2D eigenvalue weighted by molar-refractivity contribution is 5.90. The van der Waals surface area contributed by atoms with Gasteiger partial charge in [0.1, 0.15) is 0 Å². The van der Waals surface area contributed by atoms with Gasteiger partial charge in [0, 0.05) is 6.04 Å². The van der Waals surface area contributed by atoms with E-state index in [-0.39, 0.29) is 17.7 Å². The SMILES string of the molecule is C[C@H](OC(=O)c1ccco1)C(=O)NC1CCCC1. The van der Waals surface area contributed by atoms with Gasteiger partial charge in [0.2, 0.25) is 5.76 Å². The second-order valence-electron chi connectivity index (χ2n) is 4.51. The number of hydrogen-bond acceptors (Lipinski definition) is 4. The summed E-state index contributed by atoms with van der Waals surface area (Å²) in [4.78, 5) is 23.3. The predicted octanol–water partition coefficient (Wildman–Crippen LogP) is 1.88. The molecular formula is C13H17NO4. The second-order valence-corrected chi connectivity index (χ2v) is 4.51. The molecule has 0 radical (unpaired) electrons. The lowest BCUT2D eigenvalue weighted by Crippen LogP contribution is -2.40. The van der Waals surface area contributed by atoms with Crippen molar-refractivity contribution in [2.45, 2.75) is 44.8 Å². The first-order valence-electron chi connectivity index (χ1n) is 6.21. The van der Waals surface area contributed by atoms with Crippen LogP contribution in [0.4, 0.5) is 0 Å². The molecule has 0 spiro atoms. The number of carbonyl (C=O) groups excluding carboxylic acids is 2. The highest BCUT2D eigenvalue weighted by Crippen LogP contribution is 2.17. The minimum absolute atomic E-state index is 0.107. The first-order valence-corrected chi connectivity index (χ1v) is 6.21. The van der Waals surface area contributed by atoms with E-state index in [1.54, 1.807) is 13.0 Å². The molecule has 2 rings (SSSR count). The average Bonchev–Trinajstić information content (AvgIpc) is 3.01. The van der Waals surface area contributed by atoms with Crippen LogP contribution in [0.3, 0.4) is 0 Å². The monoisotopic (exact) mass is 251 g/mol. The molecular weight excluding hydrogens is 234 g/mol. The maximum atomic E-state index is 11.8. The van der Waals surface area contributed by atoms with E-state index in [0.717, 1.165) is 25.7 Å². The molecule has 1 atom stereocenters. The molecule has 1 aliphatic carbocycles. The Morgan fingerprint density at radius 3 is 2.78 bits per heavy atom. The minimum atomic E-state index is -0.803. The number of hydrogen-bond donors (Lipinski definition) is 1. The van der Waals surface area contributed by atoms with E-state index in [2.05, 4.69) is 5.32 Å². The van der Waals surface area contributed by atoms with Crippen molar-refractivity contribution in [1.82, 2.24) is 5.32 Å². The van der Waals surface area contributed by atoms with Crippen molar-refractivity contribution in [2.24, 2.45) is 0 Å². The van der Waals surface area contributed by atoms with Crippen LogP contribution in [0.1, 0.15) is 43.2 Å². The number of furan rings is 1. The highest BCUT2D eigenvalue weighted by atomic mass is 16.6. The van der Waals surface area contributed by atoms with E-state index in [1.807, 2.05) is 0 Å². The number of esters is 1. The summed E-state index contributed by atoms with van der Waals surface area (Å²) >= 11 is 0. The molecule has 1 aromatic rings. The third-order valence-corrected chi connectivity index (χ3v) is 3.08. The Kier molecular flexibility index (Phi) is 4.02. The summed E-state index contributed by atoms with van der Waals surface area (Å²) in [5, 5.41) is 2.88. The zero-order valence-corrected chi connectivity index (χ0v) is 10.3. The molecule has 1 saturated carbocycles. The average molecular weight is 251 g/mol. The van der Waals surface area contributed by atoms with Gasteiger partial charge in [-0.2, -0.15) is 0 Å². The Morgan fingerprint density at radius 1 is 1.44 bits per heavy atom. The van der Waals surface area contributed by atoms with Crippen molar-refractivity contribution in [1.29, 1.82) is 0 Å². The molecule has 0 aromatic carbocycles. The van der Waals surface area contributed by atoms with Gasteiger partial charge in [-0.05, 0) is 31.9 Å². The Balaban J connectivity index is 1.81. The van der Waals surface area contributed by atoms with Gasteiger partial charge in [0.15, 0.2) is 6.10 Å². The Bertz CT molecular complexity index is 407. The fourth-order valence-corrected chi connectivity index (χ4v) is 2.06. The molecule has 1 fully saturated rings. The van der Waals surface area contributed by atoms with Crippen molar-refractivity contribution >= 4 is 11.9 Å². The molecule has 1 N–H and O–H groups in total. The normalized spacial score (nSPS) is 17.4. The lowest BCUT2D eigenvalue weighted by atomic mass is 10.2. The molecule has 5 nitrogen and oxygen atoms in total.